The van der Waals surface area contributed by atoms with Gasteiger partial charge in [0.2, 0.25) is 0 Å². The van der Waals surface area contributed by atoms with Gasteiger partial charge in [0.15, 0.2) is 0 Å². The van der Waals surface area contributed by atoms with E-state index >= 15 is 0 Å². The summed E-state index contributed by atoms with van der Waals surface area (Å²) in [7, 11) is 0. The molecule has 1 heterocycles. The number of nitrogens with one attached hydrogen (secondary N) is 2. The van der Waals surface area contributed by atoms with Crippen molar-refractivity contribution in [1.82, 2.24) is 10.3 Å². The van der Waals surface area contributed by atoms with Crippen molar-refractivity contribution in [2.24, 2.45) is 5.41 Å². The van der Waals surface area contributed by atoms with Gasteiger partial charge in [-0.2, -0.15) is 0 Å². The Kier molecular flexibility index (Phi) is 4.43. The molecular formula is C11H17N3O4. The van der Waals surface area contributed by atoms with Crippen LogP contribution in [0.4, 0.5) is 5.69 Å². The van der Waals surface area contributed by atoms with Crippen LogP contribution in [0.3, 0.4) is 0 Å². The molecular weight excluding hydrogens is 238 g/mol. The standard InChI is InChI=1S/C11H17N3O4/c1-11(2,3-4-15)7-13-10(16)9-5-8(6-12-9)14(17)18/h5-6,12,15H,3-4,7H2,1-2H3,(H,13,16). The van der Waals surface area contributed by atoms with Crippen LogP contribution in [0.25, 0.3) is 0 Å². The van der Waals surface area contributed by atoms with Gasteiger partial charge in [-0.1, -0.05) is 13.8 Å². The molecule has 0 unspecified atom stereocenters. The molecule has 1 aromatic heterocycles. The van der Waals surface area contributed by atoms with Gasteiger partial charge < -0.3 is 15.4 Å². The first kappa shape index (κ1) is 14.2. The quantitative estimate of drug-likeness (QED) is 0.521. The number of hydrogen-bond acceptors (Lipinski definition) is 4. The largest absolute Gasteiger partial charge is 0.396 e. The van der Waals surface area contributed by atoms with Gasteiger partial charge in [0.1, 0.15) is 5.69 Å². The fourth-order valence-electron chi connectivity index (χ4n) is 1.43. The Balaban J connectivity index is 2.57. The minimum absolute atomic E-state index is 0.0524. The molecule has 100 valence electrons. The molecule has 0 atom stereocenters. The maximum atomic E-state index is 11.7. The second kappa shape index (κ2) is 5.63. The molecule has 0 fully saturated rings. The van der Waals surface area contributed by atoms with Crippen molar-refractivity contribution in [2.75, 3.05) is 13.2 Å². The maximum Gasteiger partial charge on any atom is 0.287 e. The number of nitrogens with zero attached hydrogens (tertiary/aromatic N) is 1. The van der Waals surface area contributed by atoms with Crippen LogP contribution in [0.2, 0.25) is 0 Å². The lowest BCUT2D eigenvalue weighted by Gasteiger charge is -2.23. The summed E-state index contributed by atoms with van der Waals surface area (Å²) in [5.74, 6) is -0.394. The molecule has 0 aliphatic carbocycles. The number of aliphatic hydroxyl groups is 1. The number of aromatic nitrogens is 1. The van der Waals surface area contributed by atoms with Crippen molar-refractivity contribution in [1.29, 1.82) is 0 Å². The molecule has 0 saturated heterocycles. The van der Waals surface area contributed by atoms with Gasteiger partial charge in [0.25, 0.3) is 11.6 Å². The number of carbonyl (C=O) groups is 1. The summed E-state index contributed by atoms with van der Waals surface area (Å²) >= 11 is 0. The highest BCUT2D eigenvalue weighted by molar-refractivity contribution is 5.93. The molecule has 0 aromatic carbocycles. The summed E-state index contributed by atoms with van der Waals surface area (Å²) in [5.41, 5.74) is -0.209. The average molecular weight is 255 g/mol. The third-order valence-corrected chi connectivity index (χ3v) is 2.64. The summed E-state index contributed by atoms with van der Waals surface area (Å²) in [6.45, 7) is 4.28. The van der Waals surface area contributed by atoms with Crippen molar-refractivity contribution in [3.63, 3.8) is 0 Å². The van der Waals surface area contributed by atoms with Crippen LogP contribution in [0.5, 0.6) is 0 Å². The number of H-pyrrole nitrogens is 1. The molecule has 7 nitrogen and oxygen atoms in total. The van der Waals surface area contributed by atoms with Crippen molar-refractivity contribution in [2.45, 2.75) is 20.3 Å². The average Bonchev–Trinajstić information content (AvgIpc) is 2.75. The fourth-order valence-corrected chi connectivity index (χ4v) is 1.43. The zero-order valence-corrected chi connectivity index (χ0v) is 10.4. The summed E-state index contributed by atoms with van der Waals surface area (Å²) in [4.78, 5) is 24.2. The molecule has 1 rings (SSSR count). The fraction of sp³-hybridized carbons (Fsp3) is 0.545. The van der Waals surface area contributed by atoms with Gasteiger partial charge >= 0.3 is 0 Å². The van der Waals surface area contributed by atoms with E-state index in [1.807, 2.05) is 13.8 Å². The Morgan fingerprint density at radius 2 is 2.28 bits per heavy atom. The monoisotopic (exact) mass is 255 g/mol. The van der Waals surface area contributed by atoms with Crippen LogP contribution in [-0.2, 0) is 0 Å². The third kappa shape index (κ3) is 3.85. The minimum Gasteiger partial charge on any atom is -0.396 e. The number of hydrogen-bond donors (Lipinski definition) is 3. The number of rotatable bonds is 6. The van der Waals surface area contributed by atoms with E-state index in [0.717, 1.165) is 0 Å². The van der Waals surface area contributed by atoms with Gasteiger partial charge in [0.05, 0.1) is 11.1 Å². The van der Waals surface area contributed by atoms with Crippen molar-refractivity contribution in [3.8, 4) is 0 Å². The molecule has 18 heavy (non-hydrogen) atoms. The normalized spacial score (nSPS) is 11.3. The second-order valence-electron chi connectivity index (χ2n) is 4.85. The zero-order valence-electron chi connectivity index (χ0n) is 10.4. The Morgan fingerprint density at radius 3 is 2.78 bits per heavy atom. The summed E-state index contributed by atoms with van der Waals surface area (Å²) in [6.07, 6.45) is 1.74. The van der Waals surface area contributed by atoms with E-state index in [-0.39, 0.29) is 23.4 Å². The van der Waals surface area contributed by atoms with Gasteiger partial charge in [0, 0.05) is 19.2 Å². The zero-order chi connectivity index (χ0) is 13.8. The Bertz CT molecular complexity index is 439. The first-order valence-electron chi connectivity index (χ1n) is 5.57. The van der Waals surface area contributed by atoms with E-state index in [4.69, 9.17) is 5.11 Å². The van der Waals surface area contributed by atoms with Crippen LogP contribution >= 0.6 is 0 Å². The van der Waals surface area contributed by atoms with Crippen LogP contribution in [0.15, 0.2) is 12.3 Å². The predicted molar refractivity (Wildman–Crippen MR) is 65.3 cm³/mol. The number of carbonyl (C=O) groups excluding carboxylic acids is 1. The molecule has 0 spiro atoms. The highest BCUT2D eigenvalue weighted by atomic mass is 16.6. The summed E-state index contributed by atoms with van der Waals surface area (Å²) in [5, 5.41) is 22.0. The highest BCUT2D eigenvalue weighted by Gasteiger charge is 2.20. The number of amides is 1. The van der Waals surface area contributed by atoms with E-state index in [0.29, 0.717) is 13.0 Å². The lowest BCUT2D eigenvalue weighted by molar-refractivity contribution is -0.384. The van der Waals surface area contributed by atoms with Gasteiger partial charge in [-0.15, -0.1) is 0 Å². The lowest BCUT2D eigenvalue weighted by Crippen LogP contribution is -2.34. The molecule has 7 heteroatoms. The van der Waals surface area contributed by atoms with Gasteiger partial charge in [-0.3, -0.25) is 14.9 Å². The SMILES string of the molecule is CC(C)(CCO)CNC(=O)c1cc([N+](=O)[O-])c[nH]1. The molecule has 0 radical (unpaired) electrons. The highest BCUT2D eigenvalue weighted by Crippen LogP contribution is 2.18. The molecule has 0 saturated carbocycles. The first-order chi connectivity index (χ1) is 8.35. The van der Waals surface area contributed by atoms with E-state index in [9.17, 15) is 14.9 Å². The van der Waals surface area contributed by atoms with Crippen molar-refractivity contribution < 1.29 is 14.8 Å². The number of aromatic amines is 1. The molecule has 0 aliphatic heterocycles. The Labute approximate surface area is 104 Å². The third-order valence-electron chi connectivity index (χ3n) is 2.64. The van der Waals surface area contributed by atoms with Crippen LogP contribution in [0.1, 0.15) is 30.8 Å². The van der Waals surface area contributed by atoms with E-state index in [1.165, 1.54) is 12.3 Å². The van der Waals surface area contributed by atoms with Gasteiger partial charge in [-0.05, 0) is 11.8 Å². The van der Waals surface area contributed by atoms with Crippen LogP contribution in [-0.4, -0.2) is 34.1 Å². The minimum atomic E-state index is -0.566. The predicted octanol–water partition coefficient (Wildman–Crippen LogP) is 1.06. The van der Waals surface area contributed by atoms with Crippen molar-refractivity contribution in [3.05, 3.63) is 28.1 Å². The van der Waals surface area contributed by atoms with Crippen LogP contribution in [0, 0.1) is 15.5 Å². The van der Waals surface area contributed by atoms with Crippen molar-refractivity contribution >= 4 is 11.6 Å². The van der Waals surface area contributed by atoms with Gasteiger partial charge in [-0.25, -0.2) is 0 Å². The smallest absolute Gasteiger partial charge is 0.287 e. The molecule has 1 aromatic rings. The number of aliphatic hydroxyl groups excluding tert-OH is 1. The summed E-state index contributed by atoms with van der Waals surface area (Å²) in [6, 6.07) is 1.19. The van der Waals surface area contributed by atoms with E-state index < -0.39 is 10.8 Å². The van der Waals surface area contributed by atoms with Crippen LogP contribution < -0.4 is 5.32 Å². The lowest BCUT2D eigenvalue weighted by atomic mass is 9.90. The topological polar surface area (TPSA) is 108 Å². The Morgan fingerprint density at radius 1 is 1.61 bits per heavy atom. The maximum absolute atomic E-state index is 11.7. The summed E-state index contributed by atoms with van der Waals surface area (Å²) < 4.78 is 0. The second-order valence-corrected chi connectivity index (χ2v) is 4.85. The Hall–Kier alpha value is -1.89. The van der Waals surface area contributed by atoms with E-state index in [2.05, 4.69) is 10.3 Å². The molecule has 0 aliphatic rings. The first-order valence-corrected chi connectivity index (χ1v) is 5.57. The molecule has 3 N–H and O–H groups in total. The molecule has 1 amide bonds. The molecule has 0 bridgehead atoms. The van der Waals surface area contributed by atoms with E-state index in [1.54, 1.807) is 0 Å². The number of nitro groups is 1.